The number of H-pyrrole nitrogens is 1. The minimum atomic E-state index is -0.514. The molecule has 2 saturated heterocycles. The molecule has 2 aliphatic heterocycles. The minimum absolute atomic E-state index is 0.195. The van der Waals surface area contributed by atoms with E-state index in [0.29, 0.717) is 44.9 Å². The van der Waals surface area contributed by atoms with Crippen LogP contribution in [0.5, 0.6) is 0 Å². The number of piperidine rings is 1. The summed E-state index contributed by atoms with van der Waals surface area (Å²) in [7, 11) is 0. The third-order valence-corrected chi connectivity index (χ3v) is 5.16. The Labute approximate surface area is 147 Å². The third kappa shape index (κ3) is 3.93. The SMILES string of the molecule is CC(C)Cc1cc(C(=O)N2CCC3(CC2)OCCC[C@@H]3O)nc(=O)[nH]1. The summed E-state index contributed by atoms with van der Waals surface area (Å²) < 4.78 is 5.88. The Morgan fingerprint density at radius 1 is 1.48 bits per heavy atom. The van der Waals surface area contributed by atoms with Gasteiger partial charge in [-0.15, -0.1) is 0 Å². The normalized spacial score (nSPS) is 23.2. The van der Waals surface area contributed by atoms with E-state index in [1.165, 1.54) is 0 Å². The topological polar surface area (TPSA) is 95.5 Å². The predicted octanol–water partition coefficient (Wildman–Crippen LogP) is 1.11. The maximum atomic E-state index is 12.8. The number of carbonyl (C=O) groups is 1. The van der Waals surface area contributed by atoms with Crippen molar-refractivity contribution in [2.45, 2.75) is 57.7 Å². The molecule has 2 aliphatic rings. The van der Waals surface area contributed by atoms with Crippen LogP contribution in [0.1, 0.15) is 55.7 Å². The second-order valence-corrected chi connectivity index (χ2v) is 7.56. The predicted molar refractivity (Wildman–Crippen MR) is 92.5 cm³/mol. The first-order valence-corrected chi connectivity index (χ1v) is 9.11. The molecule has 25 heavy (non-hydrogen) atoms. The van der Waals surface area contributed by atoms with Crippen LogP contribution in [-0.2, 0) is 11.2 Å². The van der Waals surface area contributed by atoms with Crippen LogP contribution in [0.4, 0.5) is 0 Å². The zero-order valence-corrected chi connectivity index (χ0v) is 15.0. The molecule has 7 nitrogen and oxygen atoms in total. The van der Waals surface area contributed by atoms with E-state index in [4.69, 9.17) is 4.74 Å². The van der Waals surface area contributed by atoms with Crippen LogP contribution in [0, 0.1) is 5.92 Å². The Kier molecular flexibility index (Phi) is 5.24. The van der Waals surface area contributed by atoms with Gasteiger partial charge < -0.3 is 19.7 Å². The van der Waals surface area contributed by atoms with Crippen molar-refractivity contribution >= 4 is 5.91 Å². The fraction of sp³-hybridized carbons (Fsp3) is 0.722. The van der Waals surface area contributed by atoms with Gasteiger partial charge in [0.1, 0.15) is 5.69 Å². The number of hydrogen-bond donors (Lipinski definition) is 2. The lowest BCUT2D eigenvalue weighted by molar-refractivity contribution is -0.174. The van der Waals surface area contributed by atoms with Crippen molar-refractivity contribution in [3.63, 3.8) is 0 Å². The smallest absolute Gasteiger partial charge is 0.345 e. The van der Waals surface area contributed by atoms with Crippen LogP contribution in [0.15, 0.2) is 10.9 Å². The van der Waals surface area contributed by atoms with Gasteiger partial charge in [0, 0.05) is 25.4 Å². The number of nitrogens with one attached hydrogen (secondary N) is 1. The van der Waals surface area contributed by atoms with Gasteiger partial charge in [0.2, 0.25) is 0 Å². The van der Waals surface area contributed by atoms with E-state index in [0.717, 1.165) is 18.5 Å². The molecule has 2 N–H and O–H groups in total. The van der Waals surface area contributed by atoms with Crippen LogP contribution in [0.25, 0.3) is 0 Å². The quantitative estimate of drug-likeness (QED) is 0.852. The summed E-state index contributed by atoms with van der Waals surface area (Å²) in [5, 5.41) is 10.3. The molecular formula is C18H27N3O4. The number of rotatable bonds is 3. The monoisotopic (exact) mass is 349 g/mol. The number of nitrogens with zero attached hydrogens (tertiary/aromatic N) is 2. The number of hydrogen-bond acceptors (Lipinski definition) is 5. The van der Waals surface area contributed by atoms with Crippen molar-refractivity contribution in [2.75, 3.05) is 19.7 Å². The van der Waals surface area contributed by atoms with Crippen LogP contribution >= 0.6 is 0 Å². The Morgan fingerprint density at radius 3 is 2.84 bits per heavy atom. The molecule has 0 unspecified atom stereocenters. The van der Waals surface area contributed by atoms with Crippen molar-refractivity contribution in [1.29, 1.82) is 0 Å². The number of aliphatic hydroxyl groups excluding tert-OH is 1. The first-order valence-electron chi connectivity index (χ1n) is 9.11. The maximum absolute atomic E-state index is 12.8. The number of ether oxygens (including phenoxy) is 1. The van der Waals surface area contributed by atoms with Crippen LogP contribution < -0.4 is 5.69 Å². The van der Waals surface area contributed by atoms with E-state index in [1.807, 2.05) is 0 Å². The van der Waals surface area contributed by atoms with Crippen molar-refractivity contribution in [3.05, 3.63) is 27.9 Å². The lowest BCUT2D eigenvalue weighted by Crippen LogP contribution is -2.56. The Balaban J connectivity index is 1.70. The summed E-state index contributed by atoms with van der Waals surface area (Å²) in [5.74, 6) is 0.150. The molecule has 0 bridgehead atoms. The van der Waals surface area contributed by atoms with Gasteiger partial charge in [-0.05, 0) is 44.1 Å². The van der Waals surface area contributed by atoms with E-state index >= 15 is 0 Å². The average Bonchev–Trinajstić information content (AvgIpc) is 2.56. The van der Waals surface area contributed by atoms with Gasteiger partial charge in [-0.2, -0.15) is 4.98 Å². The van der Waals surface area contributed by atoms with Crippen molar-refractivity contribution < 1.29 is 14.6 Å². The molecule has 0 saturated carbocycles. The van der Waals surface area contributed by atoms with Gasteiger partial charge in [0.25, 0.3) is 5.91 Å². The Morgan fingerprint density at radius 2 is 2.20 bits per heavy atom. The molecule has 0 aliphatic carbocycles. The molecule has 138 valence electrons. The molecule has 1 aromatic rings. The third-order valence-electron chi connectivity index (χ3n) is 5.16. The molecular weight excluding hydrogens is 322 g/mol. The van der Waals surface area contributed by atoms with Crippen LogP contribution in [-0.4, -0.2) is 57.3 Å². The molecule has 0 aromatic carbocycles. The molecule has 2 fully saturated rings. The van der Waals surface area contributed by atoms with E-state index in [9.17, 15) is 14.7 Å². The molecule has 1 atom stereocenters. The van der Waals surface area contributed by atoms with Crippen LogP contribution in [0.3, 0.4) is 0 Å². The van der Waals surface area contributed by atoms with Crippen molar-refractivity contribution in [3.8, 4) is 0 Å². The number of aromatic nitrogens is 2. The second-order valence-electron chi connectivity index (χ2n) is 7.56. The zero-order valence-electron chi connectivity index (χ0n) is 15.0. The Bertz CT molecular complexity index is 677. The minimum Gasteiger partial charge on any atom is -0.390 e. The molecule has 1 aromatic heterocycles. The highest BCUT2D eigenvalue weighted by Crippen LogP contribution is 2.35. The average molecular weight is 349 g/mol. The summed E-state index contributed by atoms with van der Waals surface area (Å²) in [6.07, 6.45) is 3.09. The zero-order chi connectivity index (χ0) is 18.0. The van der Waals surface area contributed by atoms with Gasteiger partial charge >= 0.3 is 5.69 Å². The summed E-state index contributed by atoms with van der Waals surface area (Å²) in [6.45, 7) is 5.78. The highest BCUT2D eigenvalue weighted by molar-refractivity contribution is 5.92. The van der Waals surface area contributed by atoms with Crippen molar-refractivity contribution in [1.82, 2.24) is 14.9 Å². The van der Waals surface area contributed by atoms with E-state index in [2.05, 4.69) is 23.8 Å². The fourth-order valence-electron chi connectivity index (χ4n) is 3.81. The maximum Gasteiger partial charge on any atom is 0.345 e. The summed E-state index contributed by atoms with van der Waals surface area (Å²) in [4.78, 5) is 32.8. The van der Waals surface area contributed by atoms with Gasteiger partial charge in [0.05, 0.1) is 11.7 Å². The number of aromatic amines is 1. The molecule has 1 amide bonds. The summed E-state index contributed by atoms with van der Waals surface area (Å²) >= 11 is 0. The molecule has 1 spiro atoms. The second kappa shape index (κ2) is 7.25. The van der Waals surface area contributed by atoms with E-state index < -0.39 is 17.4 Å². The van der Waals surface area contributed by atoms with Gasteiger partial charge in [-0.1, -0.05) is 13.8 Å². The van der Waals surface area contributed by atoms with E-state index in [-0.39, 0.29) is 11.6 Å². The highest BCUT2D eigenvalue weighted by Gasteiger charge is 2.44. The Hall–Kier alpha value is -1.73. The van der Waals surface area contributed by atoms with Crippen LogP contribution in [0.2, 0.25) is 0 Å². The van der Waals surface area contributed by atoms with Gasteiger partial charge in [0.15, 0.2) is 0 Å². The molecule has 3 heterocycles. The van der Waals surface area contributed by atoms with Crippen molar-refractivity contribution in [2.24, 2.45) is 5.92 Å². The summed E-state index contributed by atoms with van der Waals surface area (Å²) in [6, 6.07) is 1.68. The first-order chi connectivity index (χ1) is 11.9. The number of likely N-dealkylation sites (tertiary alicyclic amines) is 1. The number of amides is 1. The molecule has 3 rings (SSSR count). The van der Waals surface area contributed by atoms with Gasteiger partial charge in [-0.25, -0.2) is 4.79 Å². The standard InChI is InChI=1S/C18H27N3O4/c1-12(2)10-13-11-14(20-17(24)19-13)16(23)21-7-5-18(6-8-21)15(22)4-3-9-25-18/h11-12,15,22H,3-10H2,1-2H3,(H,19,20,24)/t15-/m0/s1. The lowest BCUT2D eigenvalue weighted by atomic mass is 9.82. The lowest BCUT2D eigenvalue weighted by Gasteiger charge is -2.46. The van der Waals surface area contributed by atoms with E-state index in [1.54, 1.807) is 11.0 Å². The largest absolute Gasteiger partial charge is 0.390 e. The van der Waals surface area contributed by atoms with Gasteiger partial charge in [-0.3, -0.25) is 4.79 Å². The fourth-order valence-corrected chi connectivity index (χ4v) is 3.81. The number of carbonyl (C=O) groups excluding carboxylic acids is 1. The molecule has 7 heteroatoms. The summed E-state index contributed by atoms with van der Waals surface area (Å²) in [5.41, 5.74) is -0.0706. The molecule has 0 radical (unpaired) electrons. The highest BCUT2D eigenvalue weighted by atomic mass is 16.5. The first kappa shape index (κ1) is 18.1. The number of aliphatic hydroxyl groups is 1.